The van der Waals surface area contributed by atoms with Crippen LogP contribution in [0.4, 0.5) is 8.78 Å². The van der Waals surface area contributed by atoms with Crippen LogP contribution in [0, 0.1) is 0 Å². The van der Waals surface area contributed by atoms with Gasteiger partial charge in [0.05, 0.1) is 0 Å². The highest BCUT2D eigenvalue weighted by atomic mass is 33.1. The summed E-state index contributed by atoms with van der Waals surface area (Å²) in [6.45, 7) is 0. The van der Waals surface area contributed by atoms with E-state index in [-0.39, 0.29) is 0 Å². The fraction of sp³-hybridized carbons (Fsp3) is 0. The smallest absolute Gasteiger partial charge is 0.168 e. The Balaban J connectivity index is 1.92. The lowest BCUT2D eigenvalue weighted by molar-refractivity contribution is 0.705. The third kappa shape index (κ3) is 5.23. The molecule has 2 aromatic rings. The maximum absolute atomic E-state index is 13.6. The monoisotopic (exact) mass is 306 g/mol. The Morgan fingerprint density at radius 2 is 1.00 bits per heavy atom. The van der Waals surface area contributed by atoms with Gasteiger partial charge in [-0.15, -0.1) is 0 Å². The van der Waals surface area contributed by atoms with Crippen LogP contribution in [0.1, 0.15) is 11.1 Å². The first-order valence-corrected chi connectivity index (χ1v) is 8.08. The summed E-state index contributed by atoms with van der Waals surface area (Å²) < 4.78 is 27.2. The van der Waals surface area contributed by atoms with Crippen LogP contribution in [0.5, 0.6) is 0 Å². The van der Waals surface area contributed by atoms with Gasteiger partial charge in [-0.2, -0.15) is 8.78 Å². The van der Waals surface area contributed by atoms with Crippen LogP contribution in [0.15, 0.2) is 71.0 Å². The highest BCUT2D eigenvalue weighted by Gasteiger charge is 2.02. The average Bonchev–Trinajstić information content (AvgIpc) is 2.47. The largest absolute Gasteiger partial charge is 0.198 e. The Hall–Kier alpha value is -1.52. The van der Waals surface area contributed by atoms with Gasteiger partial charge < -0.3 is 0 Å². The molecule has 4 heteroatoms. The molecule has 0 saturated carbocycles. The molecule has 2 rings (SSSR count). The van der Waals surface area contributed by atoms with Crippen LogP contribution in [0.25, 0.3) is 12.2 Å². The molecule has 0 spiro atoms. The van der Waals surface area contributed by atoms with E-state index in [0.29, 0.717) is 0 Å². The van der Waals surface area contributed by atoms with E-state index < -0.39 is 10.3 Å². The van der Waals surface area contributed by atoms with E-state index in [1.54, 1.807) is 24.3 Å². The molecule has 0 aliphatic carbocycles. The van der Waals surface area contributed by atoms with Crippen LogP contribution < -0.4 is 0 Å². The molecular weight excluding hydrogens is 294 g/mol. The van der Waals surface area contributed by atoms with Gasteiger partial charge in [0, 0.05) is 0 Å². The van der Waals surface area contributed by atoms with Crippen molar-refractivity contribution in [1.29, 1.82) is 0 Å². The summed E-state index contributed by atoms with van der Waals surface area (Å²) in [5, 5.41) is -0.865. The molecule has 0 aliphatic rings. The SMILES string of the molecule is FC(=Cc1ccccc1)SSC(F)=Cc1ccccc1. The summed E-state index contributed by atoms with van der Waals surface area (Å²) in [5.41, 5.74) is 1.51. The Labute approximate surface area is 125 Å². The van der Waals surface area contributed by atoms with E-state index in [4.69, 9.17) is 0 Å². The lowest BCUT2D eigenvalue weighted by Gasteiger charge is -1.97. The highest BCUT2D eigenvalue weighted by Crippen LogP contribution is 2.39. The van der Waals surface area contributed by atoms with Crippen LogP contribution in [-0.2, 0) is 0 Å². The van der Waals surface area contributed by atoms with Gasteiger partial charge in [0.15, 0.2) is 10.3 Å². The van der Waals surface area contributed by atoms with Gasteiger partial charge in [-0.05, 0) is 44.9 Å². The van der Waals surface area contributed by atoms with Gasteiger partial charge in [0.1, 0.15) is 0 Å². The topological polar surface area (TPSA) is 0 Å². The molecule has 0 saturated heterocycles. The number of hydrogen-bond acceptors (Lipinski definition) is 2. The standard InChI is InChI=1S/C16H12F2S2/c17-15(11-13-7-3-1-4-8-13)19-20-16(18)12-14-9-5-2-6-10-14/h1-12H. The quantitative estimate of drug-likeness (QED) is 0.594. The first kappa shape index (κ1) is 14.9. The van der Waals surface area contributed by atoms with Crippen molar-refractivity contribution in [3.05, 3.63) is 82.1 Å². The zero-order chi connectivity index (χ0) is 14.2. The minimum absolute atomic E-state index is 0.433. The second kappa shape index (κ2) is 7.92. The van der Waals surface area contributed by atoms with E-state index >= 15 is 0 Å². The molecule has 0 bridgehead atoms. The van der Waals surface area contributed by atoms with Gasteiger partial charge in [-0.1, -0.05) is 60.7 Å². The molecule has 0 heterocycles. The normalized spacial score (nSPS) is 12.5. The molecule has 102 valence electrons. The molecule has 0 aromatic heterocycles. The van der Waals surface area contributed by atoms with Crippen molar-refractivity contribution < 1.29 is 8.78 Å². The van der Waals surface area contributed by atoms with Crippen molar-refractivity contribution >= 4 is 33.7 Å². The third-order valence-corrected chi connectivity index (χ3v) is 4.20. The second-order valence-electron chi connectivity index (χ2n) is 3.88. The van der Waals surface area contributed by atoms with E-state index in [1.807, 2.05) is 36.4 Å². The van der Waals surface area contributed by atoms with Crippen LogP contribution >= 0.6 is 21.6 Å². The van der Waals surface area contributed by atoms with Gasteiger partial charge in [0.25, 0.3) is 0 Å². The third-order valence-electron chi connectivity index (χ3n) is 2.36. The summed E-state index contributed by atoms with van der Waals surface area (Å²) in [4.78, 5) is 0. The Kier molecular flexibility index (Phi) is 5.89. The van der Waals surface area contributed by atoms with Crippen LogP contribution in [0.2, 0.25) is 0 Å². The fourth-order valence-corrected chi connectivity index (χ4v) is 2.78. The molecule has 0 fully saturated rings. The molecule has 20 heavy (non-hydrogen) atoms. The van der Waals surface area contributed by atoms with E-state index in [0.717, 1.165) is 32.7 Å². The van der Waals surface area contributed by atoms with Crippen molar-refractivity contribution in [3.63, 3.8) is 0 Å². The lowest BCUT2D eigenvalue weighted by Crippen LogP contribution is -1.71. The number of hydrogen-bond donors (Lipinski definition) is 0. The summed E-state index contributed by atoms with van der Waals surface area (Å²) in [6, 6.07) is 18.2. The van der Waals surface area contributed by atoms with Crippen molar-refractivity contribution in [2.24, 2.45) is 0 Å². The molecule has 0 aliphatic heterocycles. The minimum Gasteiger partial charge on any atom is -0.198 e. The summed E-state index contributed by atoms with van der Waals surface area (Å²) in [5.74, 6) is 0. The van der Waals surface area contributed by atoms with E-state index in [2.05, 4.69) is 0 Å². The van der Waals surface area contributed by atoms with E-state index in [9.17, 15) is 8.78 Å². The van der Waals surface area contributed by atoms with Crippen LogP contribution in [0.3, 0.4) is 0 Å². The molecular formula is C16H12F2S2. The van der Waals surface area contributed by atoms with Crippen molar-refractivity contribution in [1.82, 2.24) is 0 Å². The van der Waals surface area contributed by atoms with E-state index in [1.165, 1.54) is 12.2 Å². The zero-order valence-corrected chi connectivity index (χ0v) is 12.1. The summed E-state index contributed by atoms with van der Waals surface area (Å²) >= 11 is 0. The Bertz CT molecular complexity index is 537. The lowest BCUT2D eigenvalue weighted by atomic mass is 10.2. The summed E-state index contributed by atoms with van der Waals surface area (Å²) in [7, 11) is 1.53. The maximum Gasteiger partial charge on any atom is 0.168 e. The van der Waals surface area contributed by atoms with Gasteiger partial charge in [-0.3, -0.25) is 0 Å². The first-order chi connectivity index (χ1) is 9.74. The zero-order valence-electron chi connectivity index (χ0n) is 10.5. The molecule has 0 amide bonds. The second-order valence-corrected chi connectivity index (χ2v) is 6.00. The number of rotatable bonds is 5. The predicted molar refractivity (Wildman–Crippen MR) is 86.2 cm³/mol. The number of benzene rings is 2. The molecule has 2 aromatic carbocycles. The van der Waals surface area contributed by atoms with Crippen molar-refractivity contribution in [3.8, 4) is 0 Å². The Morgan fingerprint density at radius 3 is 1.35 bits per heavy atom. The molecule has 0 unspecified atom stereocenters. The fourth-order valence-electron chi connectivity index (χ4n) is 1.49. The van der Waals surface area contributed by atoms with Crippen LogP contribution in [-0.4, -0.2) is 0 Å². The highest BCUT2D eigenvalue weighted by molar-refractivity contribution is 8.79. The first-order valence-electron chi connectivity index (χ1n) is 5.93. The molecule has 0 atom stereocenters. The van der Waals surface area contributed by atoms with Gasteiger partial charge in [0.2, 0.25) is 0 Å². The summed E-state index contributed by atoms with van der Waals surface area (Å²) in [6.07, 6.45) is 2.76. The Morgan fingerprint density at radius 1 is 0.650 bits per heavy atom. The molecule has 0 radical (unpaired) electrons. The van der Waals surface area contributed by atoms with Crippen molar-refractivity contribution in [2.45, 2.75) is 0 Å². The molecule has 0 nitrogen and oxygen atoms in total. The van der Waals surface area contributed by atoms with Gasteiger partial charge in [-0.25, -0.2) is 0 Å². The predicted octanol–water partition coefficient (Wildman–Crippen LogP) is 6.30. The minimum atomic E-state index is -0.433. The van der Waals surface area contributed by atoms with Gasteiger partial charge >= 0.3 is 0 Å². The molecule has 0 N–H and O–H groups in total. The average molecular weight is 306 g/mol. The van der Waals surface area contributed by atoms with Crippen molar-refractivity contribution in [2.75, 3.05) is 0 Å². The maximum atomic E-state index is 13.6. The number of halogens is 2.